The first-order valence-corrected chi connectivity index (χ1v) is 10.2. The van der Waals surface area contributed by atoms with Gasteiger partial charge in [-0.15, -0.1) is 0 Å². The van der Waals surface area contributed by atoms with Gasteiger partial charge in [0.2, 0.25) is 0 Å². The molecule has 6 nitrogen and oxygen atoms in total. The Morgan fingerprint density at radius 3 is 2.23 bits per heavy atom. The van der Waals surface area contributed by atoms with Gasteiger partial charge in [-0.3, -0.25) is 0 Å². The van der Waals surface area contributed by atoms with Gasteiger partial charge < -0.3 is 23.7 Å². The van der Waals surface area contributed by atoms with Crippen molar-refractivity contribution >= 4 is 0 Å². The molecule has 0 spiro atoms. The smallest absolute Gasteiger partial charge is 0.250 e. The molecule has 0 unspecified atom stereocenters. The predicted octanol–water partition coefficient (Wildman–Crippen LogP) is 0.982. The molecular weight excluding hydrogens is 385 g/mol. The van der Waals surface area contributed by atoms with Crippen LogP contribution >= 0.6 is 0 Å². The molecule has 1 aliphatic rings. The number of hydrogen-bond acceptors (Lipinski definition) is 4. The molecule has 0 atom stereocenters. The van der Waals surface area contributed by atoms with E-state index in [0.717, 1.165) is 62.2 Å². The van der Waals surface area contributed by atoms with E-state index in [1.54, 1.807) is 37.4 Å². The van der Waals surface area contributed by atoms with Crippen LogP contribution in [0, 0.1) is 5.82 Å². The van der Waals surface area contributed by atoms with Crippen LogP contribution in [0.3, 0.4) is 0 Å². The molecule has 1 fully saturated rings. The van der Waals surface area contributed by atoms with E-state index in [0.29, 0.717) is 5.76 Å². The third kappa shape index (κ3) is 4.80. The summed E-state index contributed by atoms with van der Waals surface area (Å²) in [6, 6.07) is 12.4. The van der Waals surface area contributed by atoms with Crippen LogP contribution in [0.1, 0.15) is 11.5 Å². The van der Waals surface area contributed by atoms with E-state index in [2.05, 4.69) is 17.1 Å². The van der Waals surface area contributed by atoms with Gasteiger partial charge in [-0.2, -0.15) is 0 Å². The Balaban J connectivity index is 1.29. The molecule has 3 aromatic rings. The standard InChI is InChI=1S/C23H26FN3O3/c1-28-20-8-3-17(13-21(20)29-2)15-26-9-11-27(12-10-26)16-23-25-14-22(30-23)18-4-6-19(24)7-5-18/h3-8,13-14H,9-12,15-16H2,1-2H3/p+2. The number of nitrogens with zero attached hydrogens (tertiary/aromatic N) is 1. The monoisotopic (exact) mass is 413 g/mol. The van der Waals surface area contributed by atoms with Crippen LogP contribution in [-0.2, 0) is 13.1 Å². The summed E-state index contributed by atoms with van der Waals surface area (Å²) in [7, 11) is 3.32. The fourth-order valence-corrected chi connectivity index (χ4v) is 3.94. The Morgan fingerprint density at radius 2 is 1.57 bits per heavy atom. The second-order valence-electron chi connectivity index (χ2n) is 7.67. The summed E-state index contributed by atoms with van der Waals surface area (Å²) in [6.07, 6.45) is 1.72. The maximum atomic E-state index is 13.1. The lowest BCUT2D eigenvalue weighted by molar-refractivity contribution is -1.02. The van der Waals surface area contributed by atoms with Gasteiger partial charge in [0, 0.05) is 11.1 Å². The molecule has 2 heterocycles. The molecule has 0 aliphatic carbocycles. The van der Waals surface area contributed by atoms with Crippen LogP contribution in [0.15, 0.2) is 53.1 Å². The van der Waals surface area contributed by atoms with Crippen molar-refractivity contribution in [3.63, 3.8) is 0 Å². The number of oxazole rings is 1. The van der Waals surface area contributed by atoms with Crippen molar-refractivity contribution in [2.75, 3.05) is 40.4 Å². The molecule has 0 radical (unpaired) electrons. The molecule has 30 heavy (non-hydrogen) atoms. The van der Waals surface area contributed by atoms with Crippen molar-refractivity contribution in [2.45, 2.75) is 13.1 Å². The molecule has 0 amide bonds. The normalized spacial score (nSPS) is 18.9. The number of ether oxygens (including phenoxy) is 2. The molecule has 2 N–H and O–H groups in total. The Bertz CT molecular complexity index is 966. The number of hydrogen-bond donors (Lipinski definition) is 2. The largest absolute Gasteiger partial charge is 0.493 e. The van der Waals surface area contributed by atoms with E-state index >= 15 is 0 Å². The van der Waals surface area contributed by atoms with Crippen LogP contribution < -0.4 is 19.3 Å². The van der Waals surface area contributed by atoms with E-state index in [1.165, 1.54) is 22.6 Å². The minimum absolute atomic E-state index is 0.253. The first-order valence-electron chi connectivity index (χ1n) is 10.2. The number of methoxy groups -OCH3 is 2. The highest BCUT2D eigenvalue weighted by atomic mass is 19.1. The molecule has 4 rings (SSSR count). The van der Waals surface area contributed by atoms with E-state index in [1.807, 2.05) is 6.07 Å². The molecule has 1 aliphatic heterocycles. The molecule has 7 heteroatoms. The van der Waals surface area contributed by atoms with Crippen LogP contribution in [-0.4, -0.2) is 45.4 Å². The van der Waals surface area contributed by atoms with Crippen molar-refractivity contribution in [1.29, 1.82) is 0 Å². The Labute approximate surface area is 175 Å². The van der Waals surface area contributed by atoms with E-state index in [4.69, 9.17) is 13.9 Å². The van der Waals surface area contributed by atoms with E-state index in [9.17, 15) is 4.39 Å². The van der Waals surface area contributed by atoms with Crippen LogP contribution in [0.2, 0.25) is 0 Å². The van der Waals surface area contributed by atoms with E-state index in [-0.39, 0.29) is 5.82 Å². The fourth-order valence-electron chi connectivity index (χ4n) is 3.94. The Kier molecular flexibility index (Phi) is 6.30. The maximum Gasteiger partial charge on any atom is 0.250 e. The summed E-state index contributed by atoms with van der Waals surface area (Å²) < 4.78 is 29.7. The van der Waals surface area contributed by atoms with E-state index < -0.39 is 0 Å². The first-order chi connectivity index (χ1) is 14.6. The van der Waals surface area contributed by atoms with Crippen molar-refractivity contribution in [2.24, 2.45) is 0 Å². The Morgan fingerprint density at radius 1 is 0.900 bits per heavy atom. The van der Waals surface area contributed by atoms with Gasteiger partial charge in [-0.1, -0.05) is 0 Å². The van der Waals surface area contributed by atoms with Gasteiger partial charge in [-0.25, -0.2) is 9.37 Å². The maximum absolute atomic E-state index is 13.1. The average Bonchev–Trinajstić information content (AvgIpc) is 3.24. The number of piperazine rings is 1. The molecule has 0 saturated carbocycles. The molecule has 1 aromatic heterocycles. The van der Waals surface area contributed by atoms with Gasteiger partial charge in [-0.05, 0) is 42.5 Å². The van der Waals surface area contributed by atoms with Crippen molar-refractivity contribution < 1.29 is 28.1 Å². The van der Waals surface area contributed by atoms with Crippen LogP contribution in [0.4, 0.5) is 4.39 Å². The SMILES string of the molecule is COc1ccc(C[NH+]2CC[NH+](Cc3ncc(-c4ccc(F)cc4)o3)CC2)cc1OC. The van der Waals surface area contributed by atoms with Gasteiger partial charge in [0.15, 0.2) is 23.8 Å². The summed E-state index contributed by atoms with van der Waals surface area (Å²) in [5.74, 6) is 2.70. The van der Waals surface area contributed by atoms with Gasteiger partial charge in [0.1, 0.15) is 38.5 Å². The lowest BCUT2D eigenvalue weighted by Gasteiger charge is -2.29. The van der Waals surface area contributed by atoms with Crippen molar-refractivity contribution in [3.05, 3.63) is 65.9 Å². The summed E-state index contributed by atoms with van der Waals surface area (Å²) in [4.78, 5) is 7.45. The number of halogens is 1. The second kappa shape index (κ2) is 9.28. The number of rotatable bonds is 7. The predicted molar refractivity (Wildman–Crippen MR) is 110 cm³/mol. The van der Waals surface area contributed by atoms with Crippen molar-refractivity contribution in [3.8, 4) is 22.8 Å². The highest BCUT2D eigenvalue weighted by Gasteiger charge is 2.25. The zero-order chi connectivity index (χ0) is 20.9. The summed E-state index contributed by atoms with van der Waals surface area (Å²) in [6.45, 7) is 6.06. The molecule has 158 valence electrons. The van der Waals surface area contributed by atoms with Gasteiger partial charge >= 0.3 is 0 Å². The number of quaternary nitrogens is 2. The van der Waals surface area contributed by atoms with Gasteiger partial charge in [0.25, 0.3) is 5.89 Å². The van der Waals surface area contributed by atoms with Crippen LogP contribution in [0.5, 0.6) is 11.5 Å². The summed E-state index contributed by atoms with van der Waals surface area (Å²) in [5.41, 5.74) is 2.09. The second-order valence-corrected chi connectivity index (χ2v) is 7.67. The zero-order valence-electron chi connectivity index (χ0n) is 17.4. The van der Waals surface area contributed by atoms with Crippen LogP contribution in [0.25, 0.3) is 11.3 Å². The molecule has 0 bridgehead atoms. The topological polar surface area (TPSA) is 53.4 Å². The molecule has 2 aromatic carbocycles. The highest BCUT2D eigenvalue weighted by molar-refractivity contribution is 5.55. The number of aromatic nitrogens is 1. The lowest BCUT2D eigenvalue weighted by atomic mass is 10.1. The Hall–Kier alpha value is -2.90. The molecule has 1 saturated heterocycles. The number of benzene rings is 2. The fraction of sp³-hybridized carbons (Fsp3) is 0.348. The summed E-state index contributed by atoms with van der Waals surface area (Å²) >= 11 is 0. The average molecular weight is 413 g/mol. The zero-order valence-corrected chi connectivity index (χ0v) is 17.4. The lowest BCUT2D eigenvalue weighted by Crippen LogP contribution is -3.27. The van der Waals surface area contributed by atoms with Gasteiger partial charge in [0.05, 0.1) is 20.4 Å². The van der Waals surface area contributed by atoms with Crippen molar-refractivity contribution in [1.82, 2.24) is 4.98 Å². The first kappa shape index (κ1) is 20.4. The highest BCUT2D eigenvalue weighted by Crippen LogP contribution is 2.27. The third-order valence-electron chi connectivity index (χ3n) is 5.65. The molecular formula is C23H28FN3O3+2. The quantitative estimate of drug-likeness (QED) is 0.607. The number of nitrogens with one attached hydrogen (secondary N) is 2. The minimum atomic E-state index is -0.253. The minimum Gasteiger partial charge on any atom is -0.493 e. The summed E-state index contributed by atoms with van der Waals surface area (Å²) in [5, 5.41) is 0. The third-order valence-corrected chi connectivity index (χ3v) is 5.65.